The van der Waals surface area contributed by atoms with Crippen molar-refractivity contribution in [2.24, 2.45) is 0 Å². The zero-order valence-corrected chi connectivity index (χ0v) is 12.3. The van der Waals surface area contributed by atoms with E-state index in [4.69, 9.17) is 0 Å². The Bertz CT molecular complexity index is 282. The minimum absolute atomic E-state index is 1.15. The van der Waals surface area contributed by atoms with E-state index in [1.807, 2.05) is 6.08 Å². The molecule has 0 fully saturated rings. The van der Waals surface area contributed by atoms with Crippen LogP contribution in [0.5, 0.6) is 0 Å². The molecule has 0 aliphatic carbocycles. The van der Waals surface area contributed by atoms with E-state index < -0.39 is 0 Å². The molecule has 0 atom stereocenters. The smallest absolute Gasteiger partial charge is 0.00217 e. The maximum absolute atomic E-state index is 3.97. The van der Waals surface area contributed by atoms with Crippen LogP contribution in [-0.2, 0) is 0 Å². The molecular weight excluding hydrogens is 206 g/mol. The zero-order chi connectivity index (χ0) is 13.3. The van der Waals surface area contributed by atoms with Crippen LogP contribution in [0, 0.1) is 0 Å². The molecule has 0 unspecified atom stereocenters. The van der Waals surface area contributed by atoms with Gasteiger partial charge in [-0.25, -0.2) is 0 Å². The highest BCUT2D eigenvalue weighted by molar-refractivity contribution is 5.41. The molecule has 0 aromatic rings. The van der Waals surface area contributed by atoms with Crippen molar-refractivity contribution in [1.82, 2.24) is 4.90 Å². The maximum Gasteiger partial charge on any atom is -0.00217 e. The molecule has 0 amide bonds. The highest BCUT2D eigenvalue weighted by Crippen LogP contribution is 2.23. The Balaban J connectivity index is 4.62. The van der Waals surface area contributed by atoms with Crippen molar-refractivity contribution in [2.45, 2.75) is 46.5 Å². The fourth-order valence-corrected chi connectivity index (χ4v) is 2.11. The molecule has 0 bridgehead atoms. The number of hydrogen-bond acceptors (Lipinski definition) is 1. The van der Waals surface area contributed by atoms with Crippen molar-refractivity contribution in [1.29, 1.82) is 0 Å². The number of hydrogen-bond donors (Lipinski definition) is 0. The number of rotatable bonds is 8. The van der Waals surface area contributed by atoms with Gasteiger partial charge in [-0.3, -0.25) is 0 Å². The molecule has 0 aliphatic heterocycles. The number of allylic oxidation sites excluding steroid dienone is 5. The lowest BCUT2D eigenvalue weighted by molar-refractivity contribution is 0.400. The molecule has 98 valence electrons. The van der Waals surface area contributed by atoms with Crippen LogP contribution in [0.2, 0.25) is 0 Å². The van der Waals surface area contributed by atoms with Gasteiger partial charge in [-0.1, -0.05) is 37.6 Å². The van der Waals surface area contributed by atoms with Gasteiger partial charge in [0.25, 0.3) is 0 Å². The standard InChI is InChI=1S/C16H29N/c1-7-11-14(4)16(9-3)15(8-2)12-10-13-17(5)6/h8-9H,3,7,10-13H2,1-2,4-6H3/b15-8-,16-14+. The molecule has 0 N–H and O–H groups in total. The van der Waals surface area contributed by atoms with Crippen LogP contribution in [0.25, 0.3) is 0 Å². The second-order valence-corrected chi connectivity index (χ2v) is 4.87. The quantitative estimate of drug-likeness (QED) is 0.557. The summed E-state index contributed by atoms with van der Waals surface area (Å²) in [6.45, 7) is 11.7. The molecule has 0 radical (unpaired) electrons. The molecule has 0 aromatic carbocycles. The third kappa shape index (κ3) is 6.48. The summed E-state index contributed by atoms with van der Waals surface area (Å²) in [5, 5.41) is 0. The topological polar surface area (TPSA) is 3.24 Å². The van der Waals surface area contributed by atoms with E-state index in [9.17, 15) is 0 Å². The van der Waals surface area contributed by atoms with Crippen LogP contribution in [0.1, 0.15) is 46.5 Å². The van der Waals surface area contributed by atoms with Gasteiger partial charge in [0.2, 0.25) is 0 Å². The minimum atomic E-state index is 1.15. The van der Waals surface area contributed by atoms with E-state index in [1.165, 1.54) is 36.0 Å². The highest BCUT2D eigenvalue weighted by Gasteiger charge is 2.05. The first-order valence-corrected chi connectivity index (χ1v) is 6.69. The largest absolute Gasteiger partial charge is 0.309 e. The van der Waals surface area contributed by atoms with Gasteiger partial charge in [0.15, 0.2) is 0 Å². The van der Waals surface area contributed by atoms with Crippen LogP contribution in [-0.4, -0.2) is 25.5 Å². The van der Waals surface area contributed by atoms with Gasteiger partial charge in [-0.2, -0.15) is 0 Å². The summed E-state index contributed by atoms with van der Waals surface area (Å²) in [6.07, 6.45) is 9.01. The predicted molar refractivity (Wildman–Crippen MR) is 79.4 cm³/mol. The monoisotopic (exact) mass is 235 g/mol. The van der Waals surface area contributed by atoms with E-state index in [0.717, 1.165) is 13.0 Å². The van der Waals surface area contributed by atoms with Gasteiger partial charge >= 0.3 is 0 Å². The van der Waals surface area contributed by atoms with Crippen LogP contribution < -0.4 is 0 Å². The second-order valence-electron chi connectivity index (χ2n) is 4.87. The molecule has 0 rings (SSSR count). The summed E-state index contributed by atoms with van der Waals surface area (Å²) in [6, 6.07) is 0. The summed E-state index contributed by atoms with van der Waals surface area (Å²) >= 11 is 0. The lowest BCUT2D eigenvalue weighted by atomic mass is 9.94. The van der Waals surface area contributed by atoms with Gasteiger partial charge < -0.3 is 4.90 Å². The van der Waals surface area contributed by atoms with Gasteiger partial charge in [0.1, 0.15) is 0 Å². The van der Waals surface area contributed by atoms with Crippen molar-refractivity contribution < 1.29 is 0 Å². The Hall–Kier alpha value is -0.820. The van der Waals surface area contributed by atoms with E-state index in [2.05, 4.69) is 52.4 Å². The lowest BCUT2D eigenvalue weighted by Gasteiger charge is -2.14. The summed E-state index contributed by atoms with van der Waals surface area (Å²) in [5.41, 5.74) is 4.29. The van der Waals surface area contributed by atoms with Gasteiger partial charge in [-0.15, -0.1) is 0 Å². The summed E-state index contributed by atoms with van der Waals surface area (Å²) < 4.78 is 0. The Morgan fingerprint density at radius 1 is 1.24 bits per heavy atom. The van der Waals surface area contributed by atoms with Crippen molar-refractivity contribution >= 4 is 0 Å². The third-order valence-corrected chi connectivity index (χ3v) is 3.03. The number of nitrogens with zero attached hydrogens (tertiary/aromatic N) is 1. The van der Waals surface area contributed by atoms with Crippen molar-refractivity contribution in [3.8, 4) is 0 Å². The molecule has 0 heterocycles. The first-order chi connectivity index (χ1) is 8.06. The SMILES string of the molecule is C=CC(/C(=C\C)CCCN(C)C)=C(/C)CCC. The molecule has 0 aromatic heterocycles. The van der Waals surface area contributed by atoms with Crippen LogP contribution >= 0.6 is 0 Å². The van der Waals surface area contributed by atoms with E-state index in [-0.39, 0.29) is 0 Å². The Morgan fingerprint density at radius 3 is 2.29 bits per heavy atom. The molecule has 0 saturated carbocycles. The average Bonchev–Trinajstić information content (AvgIpc) is 2.27. The highest BCUT2D eigenvalue weighted by atomic mass is 15.0. The average molecular weight is 235 g/mol. The second kappa shape index (κ2) is 9.23. The first-order valence-electron chi connectivity index (χ1n) is 6.69. The Kier molecular flexibility index (Phi) is 8.79. The van der Waals surface area contributed by atoms with Crippen molar-refractivity contribution in [3.05, 3.63) is 35.5 Å². The molecule has 17 heavy (non-hydrogen) atoms. The van der Waals surface area contributed by atoms with Crippen molar-refractivity contribution in [3.63, 3.8) is 0 Å². The summed E-state index contributed by atoms with van der Waals surface area (Å²) in [4.78, 5) is 2.24. The molecule has 0 spiro atoms. The Labute approximate surface area is 108 Å². The molecule has 0 saturated heterocycles. The van der Waals surface area contributed by atoms with Crippen LogP contribution in [0.15, 0.2) is 35.5 Å². The van der Waals surface area contributed by atoms with Crippen LogP contribution in [0.4, 0.5) is 0 Å². The van der Waals surface area contributed by atoms with Crippen LogP contribution in [0.3, 0.4) is 0 Å². The molecule has 1 heteroatoms. The first kappa shape index (κ1) is 16.2. The summed E-state index contributed by atoms with van der Waals surface area (Å²) in [5.74, 6) is 0. The van der Waals surface area contributed by atoms with E-state index in [0.29, 0.717) is 0 Å². The normalized spacial score (nSPS) is 13.9. The minimum Gasteiger partial charge on any atom is -0.309 e. The van der Waals surface area contributed by atoms with Gasteiger partial charge in [0.05, 0.1) is 0 Å². The molecular formula is C16H29N. The molecule has 1 nitrogen and oxygen atoms in total. The molecule has 0 aliphatic rings. The van der Waals surface area contributed by atoms with E-state index >= 15 is 0 Å². The Morgan fingerprint density at radius 2 is 1.88 bits per heavy atom. The maximum atomic E-state index is 3.97. The van der Waals surface area contributed by atoms with Gasteiger partial charge in [0, 0.05) is 0 Å². The lowest BCUT2D eigenvalue weighted by Crippen LogP contribution is -2.13. The van der Waals surface area contributed by atoms with Crippen molar-refractivity contribution in [2.75, 3.05) is 20.6 Å². The third-order valence-electron chi connectivity index (χ3n) is 3.03. The predicted octanol–water partition coefficient (Wildman–Crippen LogP) is 4.58. The fraction of sp³-hybridized carbons (Fsp3) is 0.625. The zero-order valence-electron chi connectivity index (χ0n) is 12.3. The fourth-order valence-electron chi connectivity index (χ4n) is 2.11. The summed E-state index contributed by atoms with van der Waals surface area (Å²) in [7, 11) is 4.25. The van der Waals surface area contributed by atoms with E-state index in [1.54, 1.807) is 0 Å². The van der Waals surface area contributed by atoms with Gasteiger partial charge in [-0.05, 0) is 64.9 Å².